The molecule has 0 aromatic heterocycles. The van der Waals surface area contributed by atoms with Crippen molar-refractivity contribution in [3.8, 4) is 5.75 Å². The quantitative estimate of drug-likeness (QED) is 0.366. The number of hydrogen-bond donors (Lipinski definition) is 0. The second kappa shape index (κ2) is 6.89. The highest BCUT2D eigenvalue weighted by Crippen LogP contribution is 2.65. The molecule has 1 heterocycles. The summed E-state index contributed by atoms with van der Waals surface area (Å²) in [6.07, 6.45) is 5.45. The van der Waals surface area contributed by atoms with E-state index in [9.17, 15) is 14.4 Å². The van der Waals surface area contributed by atoms with E-state index in [1.165, 1.54) is 4.90 Å². The van der Waals surface area contributed by atoms with Gasteiger partial charge in [-0.3, -0.25) is 14.4 Å². The molecule has 6 heteroatoms. The smallest absolute Gasteiger partial charge is 0.238 e. The molecule has 4 aliphatic carbocycles. The van der Waals surface area contributed by atoms with Gasteiger partial charge in [-0.1, -0.05) is 52.3 Å². The molecular formula is C25H20BrNO4. The molecule has 2 aromatic carbocycles. The maximum atomic E-state index is 13.4. The van der Waals surface area contributed by atoms with Crippen LogP contribution in [0.1, 0.15) is 16.8 Å². The first-order valence-electron chi connectivity index (χ1n) is 10.6. The normalized spacial score (nSPS) is 32.1. The van der Waals surface area contributed by atoms with Crippen molar-refractivity contribution >= 4 is 39.2 Å². The molecule has 5 nitrogen and oxygen atoms in total. The van der Waals surface area contributed by atoms with Crippen LogP contribution in [0.25, 0.3) is 0 Å². The second-order valence-electron chi connectivity index (χ2n) is 8.85. The molecule has 3 fully saturated rings. The van der Waals surface area contributed by atoms with Gasteiger partial charge in [-0.15, -0.1) is 0 Å². The summed E-state index contributed by atoms with van der Waals surface area (Å²) in [5.74, 6) is 0.890. The van der Waals surface area contributed by atoms with Crippen LogP contribution in [0.15, 0.2) is 65.2 Å². The molecule has 6 atom stereocenters. The third-order valence-corrected chi connectivity index (χ3v) is 7.82. The van der Waals surface area contributed by atoms with E-state index in [1.807, 2.05) is 0 Å². The maximum absolute atomic E-state index is 13.4. The summed E-state index contributed by atoms with van der Waals surface area (Å²) in [6.45, 7) is -0.168. The number of anilines is 1. The summed E-state index contributed by atoms with van der Waals surface area (Å²) in [5, 5.41) is 0. The van der Waals surface area contributed by atoms with Gasteiger partial charge in [0.2, 0.25) is 11.8 Å². The van der Waals surface area contributed by atoms with Crippen molar-refractivity contribution in [1.29, 1.82) is 0 Å². The lowest BCUT2D eigenvalue weighted by atomic mass is 9.63. The number of allylic oxidation sites excluding steroid dienone is 2. The van der Waals surface area contributed by atoms with Crippen molar-refractivity contribution in [3.63, 3.8) is 0 Å². The van der Waals surface area contributed by atoms with Crippen molar-refractivity contribution in [2.24, 2.45) is 35.5 Å². The summed E-state index contributed by atoms with van der Waals surface area (Å²) in [6, 6.07) is 14.1. The average molecular weight is 478 g/mol. The highest BCUT2D eigenvalue weighted by atomic mass is 79.9. The second-order valence-corrected chi connectivity index (χ2v) is 9.77. The Hall–Kier alpha value is -2.73. The largest absolute Gasteiger partial charge is 0.483 e. The van der Waals surface area contributed by atoms with Gasteiger partial charge in [-0.25, -0.2) is 4.90 Å². The van der Waals surface area contributed by atoms with Crippen LogP contribution in [-0.2, 0) is 9.59 Å². The zero-order valence-electron chi connectivity index (χ0n) is 16.6. The number of rotatable bonds is 5. The molecule has 1 saturated heterocycles. The molecule has 31 heavy (non-hydrogen) atoms. The summed E-state index contributed by atoms with van der Waals surface area (Å²) < 4.78 is 6.71. The summed E-state index contributed by atoms with van der Waals surface area (Å²) in [7, 11) is 0. The zero-order valence-corrected chi connectivity index (χ0v) is 18.2. The lowest BCUT2D eigenvalue weighted by molar-refractivity contribution is -0.124. The number of amides is 2. The number of para-hydroxylation sites is 2. The third kappa shape index (κ3) is 2.84. The Morgan fingerprint density at radius 3 is 2.19 bits per heavy atom. The number of benzene rings is 2. The van der Waals surface area contributed by atoms with Crippen molar-refractivity contribution in [2.75, 3.05) is 11.5 Å². The zero-order chi connectivity index (χ0) is 21.3. The number of ketones is 1. The SMILES string of the molecule is O=C(COc1ccccc1N1C(=O)[C@@H]2[C@H]3C=C[C@@H]([C@@H]4C[C@H]34)[C@H]2C1=O)c1ccc(Br)cc1. The molecule has 2 amide bonds. The van der Waals surface area contributed by atoms with Crippen LogP contribution in [0.3, 0.4) is 0 Å². The fourth-order valence-electron chi connectivity index (χ4n) is 5.82. The standard InChI is InChI=1S/C25H20BrNO4/c26-14-7-5-13(6-8-14)20(28)12-31-21-4-2-1-3-19(21)27-24(29)22-15-9-10-16(18-11-17(15)18)23(22)25(27)30/h1-10,15-18,22-23H,11-12H2/t15-,16-,17-,18+,22+,23+/m0/s1. The Balaban J connectivity index is 1.26. The number of nitrogens with zero attached hydrogens (tertiary/aromatic N) is 1. The molecule has 2 bridgehead atoms. The van der Waals surface area contributed by atoms with Gasteiger partial charge in [0.05, 0.1) is 17.5 Å². The Bertz CT molecular complexity index is 1100. The van der Waals surface area contributed by atoms with Crippen LogP contribution < -0.4 is 9.64 Å². The van der Waals surface area contributed by atoms with Crippen molar-refractivity contribution in [1.82, 2.24) is 0 Å². The number of halogens is 1. The van der Waals surface area contributed by atoms with Crippen LogP contribution in [-0.4, -0.2) is 24.2 Å². The van der Waals surface area contributed by atoms with Gasteiger partial charge < -0.3 is 4.74 Å². The molecule has 156 valence electrons. The Kier molecular flexibility index (Phi) is 4.22. The molecule has 0 radical (unpaired) electrons. The van der Waals surface area contributed by atoms with E-state index in [0.717, 1.165) is 10.9 Å². The number of Topliss-reactive ketones (excluding diaryl/α,β-unsaturated/α-hetero) is 1. The van der Waals surface area contributed by atoms with Crippen LogP contribution in [0.4, 0.5) is 5.69 Å². The Labute approximate surface area is 188 Å². The first-order chi connectivity index (χ1) is 15.0. The first-order valence-corrected chi connectivity index (χ1v) is 11.4. The number of carbonyl (C=O) groups is 3. The minimum absolute atomic E-state index is 0.130. The van der Waals surface area contributed by atoms with Crippen molar-refractivity contribution in [2.45, 2.75) is 6.42 Å². The lowest BCUT2D eigenvalue weighted by Gasteiger charge is -2.37. The molecule has 2 saturated carbocycles. The fraction of sp³-hybridized carbons (Fsp3) is 0.320. The molecule has 1 aliphatic heterocycles. The van der Waals surface area contributed by atoms with Gasteiger partial charge in [0.1, 0.15) is 5.75 Å². The van der Waals surface area contributed by atoms with Gasteiger partial charge in [-0.2, -0.15) is 0 Å². The molecule has 7 rings (SSSR count). The molecule has 5 aliphatic rings. The number of carbonyl (C=O) groups excluding carboxylic acids is 3. The maximum Gasteiger partial charge on any atom is 0.238 e. The first kappa shape index (κ1) is 19.0. The van der Waals surface area contributed by atoms with Gasteiger partial charge in [0, 0.05) is 10.0 Å². The highest BCUT2D eigenvalue weighted by Gasteiger charge is 2.67. The molecule has 0 N–H and O–H groups in total. The van der Waals surface area contributed by atoms with E-state index >= 15 is 0 Å². The number of ether oxygens (including phenoxy) is 1. The fourth-order valence-corrected chi connectivity index (χ4v) is 6.09. The molecule has 2 aromatic rings. The lowest BCUT2D eigenvalue weighted by Crippen LogP contribution is -2.40. The van der Waals surface area contributed by atoms with E-state index in [1.54, 1.807) is 48.5 Å². The highest BCUT2D eigenvalue weighted by molar-refractivity contribution is 9.10. The number of hydrogen-bond acceptors (Lipinski definition) is 4. The van der Waals surface area contributed by atoms with Crippen molar-refractivity contribution in [3.05, 3.63) is 70.7 Å². The summed E-state index contributed by atoms with van der Waals surface area (Å²) in [4.78, 5) is 40.6. The van der Waals surface area contributed by atoms with E-state index < -0.39 is 0 Å². The van der Waals surface area contributed by atoms with E-state index in [0.29, 0.717) is 28.8 Å². The van der Waals surface area contributed by atoms with Gasteiger partial charge >= 0.3 is 0 Å². The monoisotopic (exact) mass is 477 g/mol. The van der Waals surface area contributed by atoms with Crippen LogP contribution in [0, 0.1) is 35.5 Å². The molecule has 0 spiro atoms. The van der Waals surface area contributed by atoms with Crippen LogP contribution in [0.2, 0.25) is 0 Å². The minimum Gasteiger partial charge on any atom is -0.483 e. The molecular weight excluding hydrogens is 458 g/mol. The van der Waals surface area contributed by atoms with E-state index in [-0.39, 0.29) is 47.9 Å². The third-order valence-electron chi connectivity index (χ3n) is 7.29. The average Bonchev–Trinajstić information content (AvgIpc) is 3.56. The van der Waals surface area contributed by atoms with Gasteiger partial charge in [0.15, 0.2) is 12.4 Å². The van der Waals surface area contributed by atoms with Crippen LogP contribution in [0.5, 0.6) is 5.75 Å². The summed E-state index contributed by atoms with van der Waals surface area (Å²) >= 11 is 3.36. The molecule has 0 unspecified atom stereocenters. The predicted octanol–water partition coefficient (Wildman–Crippen LogP) is 4.27. The summed E-state index contributed by atoms with van der Waals surface area (Å²) in [5.41, 5.74) is 0.977. The topological polar surface area (TPSA) is 63.7 Å². The van der Waals surface area contributed by atoms with Gasteiger partial charge in [-0.05, 0) is 54.4 Å². The Morgan fingerprint density at radius 2 is 1.55 bits per heavy atom. The van der Waals surface area contributed by atoms with E-state index in [4.69, 9.17) is 4.74 Å². The number of imide groups is 1. The minimum atomic E-state index is -0.260. The van der Waals surface area contributed by atoms with E-state index in [2.05, 4.69) is 28.1 Å². The van der Waals surface area contributed by atoms with Crippen molar-refractivity contribution < 1.29 is 19.1 Å². The van der Waals surface area contributed by atoms with Gasteiger partial charge in [0.25, 0.3) is 0 Å². The predicted molar refractivity (Wildman–Crippen MR) is 118 cm³/mol. The van der Waals surface area contributed by atoms with Crippen LogP contribution >= 0.6 is 15.9 Å². The Morgan fingerprint density at radius 1 is 0.935 bits per heavy atom.